The lowest BCUT2D eigenvalue weighted by Gasteiger charge is -2.07. The first-order valence-electron chi connectivity index (χ1n) is 5.24. The molecule has 3 rings (SSSR count). The first kappa shape index (κ1) is 9.86. The van der Waals surface area contributed by atoms with Crippen LogP contribution in [0.4, 0.5) is 0 Å². The molecule has 0 atom stereocenters. The number of hydrogen-bond donors (Lipinski definition) is 1. The second-order valence-electron chi connectivity index (χ2n) is 3.58. The van der Waals surface area contributed by atoms with Crippen LogP contribution < -0.4 is 5.48 Å². The van der Waals surface area contributed by atoms with E-state index in [9.17, 15) is 0 Å². The van der Waals surface area contributed by atoms with Gasteiger partial charge < -0.3 is 4.89 Å². The van der Waals surface area contributed by atoms with Crippen molar-refractivity contribution in [3.8, 4) is 11.3 Å². The van der Waals surface area contributed by atoms with Gasteiger partial charge in [0, 0.05) is 17.3 Å². The van der Waals surface area contributed by atoms with Crippen LogP contribution in [-0.4, -0.2) is 4.98 Å². The van der Waals surface area contributed by atoms with Crippen molar-refractivity contribution < 1.29 is 9.88 Å². The van der Waals surface area contributed by atoms with Crippen LogP contribution in [0.3, 0.4) is 0 Å². The van der Waals surface area contributed by atoms with Crippen LogP contribution in [0.5, 0.6) is 0 Å². The summed E-state index contributed by atoms with van der Waals surface area (Å²) in [6, 6.07) is 13.8. The Labute approximate surface area is 98.4 Å². The number of nitrogens with one attached hydrogen (secondary N) is 1. The zero-order chi connectivity index (χ0) is 11.5. The molecule has 1 aromatic heterocycles. The smallest absolute Gasteiger partial charge is 0.158 e. The topological polar surface area (TPSA) is 43.4 Å². The van der Waals surface area contributed by atoms with E-state index in [1.54, 1.807) is 6.20 Å². The molecule has 4 heteroatoms. The van der Waals surface area contributed by atoms with E-state index in [4.69, 9.17) is 4.89 Å². The van der Waals surface area contributed by atoms with E-state index in [0.717, 1.165) is 22.5 Å². The van der Waals surface area contributed by atoms with Crippen LogP contribution in [0.1, 0.15) is 5.56 Å². The number of aromatic nitrogens is 1. The molecule has 0 amide bonds. The average Bonchev–Trinajstić information content (AvgIpc) is 2.94. The van der Waals surface area contributed by atoms with Gasteiger partial charge >= 0.3 is 0 Å². The molecule has 1 aliphatic rings. The number of hydroxylamine groups is 1. The standard InChI is InChI=1S/C13H10N2O2/c1-2-5-10(6-3-1)13-11(7-4-8-14-13)12-9-16-17-15-12/h1-9,15H. The monoisotopic (exact) mass is 226 g/mol. The summed E-state index contributed by atoms with van der Waals surface area (Å²) in [7, 11) is 0. The minimum Gasteiger partial charge on any atom is -0.320 e. The highest BCUT2D eigenvalue weighted by Gasteiger charge is 2.14. The molecule has 1 aromatic carbocycles. The summed E-state index contributed by atoms with van der Waals surface area (Å²) >= 11 is 0. The maximum atomic E-state index is 4.70. The SMILES string of the molecule is C1=C(c2cccnc2-c2ccccc2)NOO1. The van der Waals surface area contributed by atoms with Crippen LogP contribution in [0.25, 0.3) is 17.0 Å². The summed E-state index contributed by atoms with van der Waals surface area (Å²) in [5.74, 6) is 0. The van der Waals surface area contributed by atoms with Crippen molar-refractivity contribution in [1.29, 1.82) is 0 Å². The molecule has 0 fully saturated rings. The van der Waals surface area contributed by atoms with E-state index in [1.807, 2.05) is 42.5 Å². The van der Waals surface area contributed by atoms with E-state index in [2.05, 4.69) is 15.5 Å². The Bertz CT molecular complexity index is 552. The highest BCUT2D eigenvalue weighted by molar-refractivity contribution is 5.77. The first-order valence-corrected chi connectivity index (χ1v) is 5.24. The molecule has 1 N–H and O–H groups in total. The van der Waals surface area contributed by atoms with Crippen LogP contribution in [0.2, 0.25) is 0 Å². The van der Waals surface area contributed by atoms with Gasteiger partial charge in [-0.2, -0.15) is 0 Å². The number of benzene rings is 1. The maximum Gasteiger partial charge on any atom is 0.158 e. The lowest BCUT2D eigenvalue weighted by molar-refractivity contribution is -0.263. The Balaban J connectivity index is 2.11. The van der Waals surface area contributed by atoms with Gasteiger partial charge in [0.05, 0.1) is 5.69 Å². The summed E-state index contributed by atoms with van der Waals surface area (Å²) in [6.07, 6.45) is 3.28. The van der Waals surface area contributed by atoms with Gasteiger partial charge in [-0.15, -0.1) is 0 Å². The highest BCUT2D eigenvalue weighted by atomic mass is 17.3. The molecule has 0 saturated heterocycles. The molecular formula is C13H10N2O2. The third-order valence-corrected chi connectivity index (χ3v) is 2.51. The van der Waals surface area contributed by atoms with E-state index >= 15 is 0 Å². The molecule has 2 heterocycles. The fourth-order valence-corrected chi connectivity index (χ4v) is 1.73. The van der Waals surface area contributed by atoms with Crippen molar-refractivity contribution in [2.45, 2.75) is 0 Å². The first-order chi connectivity index (χ1) is 8.45. The summed E-state index contributed by atoms with van der Waals surface area (Å²) in [5, 5.41) is 0. The predicted octanol–water partition coefficient (Wildman–Crippen LogP) is 2.51. The lowest BCUT2D eigenvalue weighted by Crippen LogP contribution is -2.06. The minimum atomic E-state index is 0.761. The molecule has 0 spiro atoms. The van der Waals surface area contributed by atoms with Gasteiger partial charge in [0.25, 0.3) is 0 Å². The van der Waals surface area contributed by atoms with Crippen LogP contribution in [-0.2, 0) is 9.88 Å². The van der Waals surface area contributed by atoms with Crippen molar-refractivity contribution in [3.05, 3.63) is 60.5 Å². The van der Waals surface area contributed by atoms with Crippen molar-refractivity contribution in [3.63, 3.8) is 0 Å². The molecule has 17 heavy (non-hydrogen) atoms. The second-order valence-corrected chi connectivity index (χ2v) is 3.58. The van der Waals surface area contributed by atoms with Crippen molar-refractivity contribution in [2.24, 2.45) is 0 Å². The Morgan fingerprint density at radius 1 is 1.00 bits per heavy atom. The summed E-state index contributed by atoms with van der Waals surface area (Å²) in [5.41, 5.74) is 6.33. The zero-order valence-corrected chi connectivity index (χ0v) is 8.96. The van der Waals surface area contributed by atoms with Gasteiger partial charge in [0.15, 0.2) is 6.26 Å². The number of rotatable bonds is 2. The van der Waals surface area contributed by atoms with Gasteiger partial charge in [0.2, 0.25) is 0 Å². The molecule has 4 nitrogen and oxygen atoms in total. The van der Waals surface area contributed by atoms with Gasteiger partial charge in [-0.1, -0.05) is 35.3 Å². The highest BCUT2D eigenvalue weighted by Crippen LogP contribution is 2.26. The van der Waals surface area contributed by atoms with Crippen LogP contribution in [0.15, 0.2) is 54.9 Å². The van der Waals surface area contributed by atoms with Crippen molar-refractivity contribution >= 4 is 5.70 Å². The molecule has 0 unspecified atom stereocenters. The third kappa shape index (κ3) is 1.86. The molecule has 0 radical (unpaired) electrons. The molecule has 0 bridgehead atoms. The normalized spacial score (nSPS) is 13.8. The quantitative estimate of drug-likeness (QED) is 0.799. The third-order valence-electron chi connectivity index (χ3n) is 2.51. The molecule has 1 aliphatic heterocycles. The maximum absolute atomic E-state index is 4.70. The van der Waals surface area contributed by atoms with Crippen LogP contribution >= 0.6 is 0 Å². The van der Waals surface area contributed by atoms with Gasteiger partial charge in [-0.25, -0.2) is 5.48 Å². The number of hydrogen-bond acceptors (Lipinski definition) is 4. The molecule has 2 aromatic rings. The Hall–Kier alpha value is -2.33. The molecule has 84 valence electrons. The van der Waals surface area contributed by atoms with E-state index in [-0.39, 0.29) is 0 Å². The summed E-state index contributed by atoms with van der Waals surface area (Å²) in [4.78, 5) is 13.7. The predicted molar refractivity (Wildman–Crippen MR) is 63.0 cm³/mol. The average molecular weight is 226 g/mol. The van der Waals surface area contributed by atoms with Gasteiger partial charge in [-0.3, -0.25) is 4.98 Å². The summed E-state index contributed by atoms with van der Waals surface area (Å²) in [6.45, 7) is 0. The fourth-order valence-electron chi connectivity index (χ4n) is 1.73. The zero-order valence-electron chi connectivity index (χ0n) is 8.96. The number of nitrogens with zero attached hydrogens (tertiary/aromatic N) is 1. The van der Waals surface area contributed by atoms with E-state index in [1.165, 1.54) is 6.26 Å². The van der Waals surface area contributed by atoms with Crippen molar-refractivity contribution in [1.82, 2.24) is 10.5 Å². The van der Waals surface area contributed by atoms with E-state index in [0.29, 0.717) is 0 Å². The lowest BCUT2D eigenvalue weighted by atomic mass is 10.0. The summed E-state index contributed by atoms with van der Waals surface area (Å²) < 4.78 is 0. The Morgan fingerprint density at radius 3 is 2.65 bits per heavy atom. The largest absolute Gasteiger partial charge is 0.320 e. The second kappa shape index (κ2) is 4.27. The Morgan fingerprint density at radius 2 is 1.88 bits per heavy atom. The molecule has 0 aliphatic carbocycles. The van der Waals surface area contributed by atoms with Crippen molar-refractivity contribution in [2.75, 3.05) is 0 Å². The Kier molecular flexibility index (Phi) is 2.48. The van der Waals surface area contributed by atoms with E-state index < -0.39 is 0 Å². The molecule has 0 saturated carbocycles. The fraction of sp³-hybridized carbons (Fsp3) is 0. The van der Waals surface area contributed by atoms with Gasteiger partial charge in [-0.05, 0) is 12.1 Å². The van der Waals surface area contributed by atoms with Gasteiger partial charge in [0.1, 0.15) is 5.70 Å². The minimum absolute atomic E-state index is 0.761. The number of pyridine rings is 1. The molecular weight excluding hydrogens is 216 g/mol. The van der Waals surface area contributed by atoms with Crippen LogP contribution in [0, 0.1) is 0 Å².